The van der Waals surface area contributed by atoms with Gasteiger partial charge in [0.25, 0.3) is 0 Å². The van der Waals surface area contributed by atoms with E-state index in [1.54, 1.807) is 0 Å². The Hall–Kier alpha value is -1.09. The molecule has 0 bridgehead atoms. The minimum atomic E-state index is -0.163. The minimum Gasteiger partial charge on any atom is -0.463 e. The minimum absolute atomic E-state index is 0.0104. The monoisotopic (exact) mass is 252 g/mol. The molecule has 1 atom stereocenters. The van der Waals surface area contributed by atoms with Crippen molar-refractivity contribution < 1.29 is 14.6 Å². The molecule has 0 aromatic carbocycles. The highest BCUT2D eigenvalue weighted by molar-refractivity contribution is 5.72. The van der Waals surface area contributed by atoms with Crippen molar-refractivity contribution in [2.45, 2.75) is 46.0 Å². The van der Waals surface area contributed by atoms with Crippen molar-refractivity contribution in [1.29, 1.82) is 0 Å². The molecule has 0 saturated heterocycles. The quantitative estimate of drug-likeness (QED) is 0.584. The fourth-order valence-corrected chi connectivity index (χ4v) is 2.14. The van der Waals surface area contributed by atoms with Crippen molar-refractivity contribution in [2.75, 3.05) is 13.2 Å². The fraction of sp³-hybridized carbons (Fsp3) is 0.667. The molecule has 0 aromatic heterocycles. The molecule has 0 amide bonds. The van der Waals surface area contributed by atoms with Crippen LogP contribution in [-0.4, -0.2) is 24.3 Å². The lowest BCUT2D eigenvalue weighted by molar-refractivity contribution is -0.149. The second-order valence-corrected chi connectivity index (χ2v) is 5.04. The van der Waals surface area contributed by atoms with Gasteiger partial charge in [0.2, 0.25) is 0 Å². The first-order valence-corrected chi connectivity index (χ1v) is 6.72. The van der Waals surface area contributed by atoms with Crippen LogP contribution in [0.4, 0.5) is 0 Å². The van der Waals surface area contributed by atoms with E-state index >= 15 is 0 Å². The Bertz CT molecular complexity index is 325. The summed E-state index contributed by atoms with van der Waals surface area (Å²) in [5.41, 5.74) is 2.82. The van der Waals surface area contributed by atoms with Crippen LogP contribution in [0.25, 0.3) is 0 Å². The van der Waals surface area contributed by atoms with E-state index in [0.29, 0.717) is 0 Å². The number of aliphatic hydroxyl groups is 1. The molecule has 0 saturated carbocycles. The number of aliphatic hydroxyl groups excluding tert-OH is 1. The van der Waals surface area contributed by atoms with E-state index in [9.17, 15) is 4.79 Å². The summed E-state index contributed by atoms with van der Waals surface area (Å²) in [6, 6.07) is 0. The van der Waals surface area contributed by atoms with Gasteiger partial charge in [0.05, 0.1) is 12.5 Å². The lowest BCUT2D eigenvalue weighted by Gasteiger charge is -2.20. The van der Waals surface area contributed by atoms with Gasteiger partial charge in [-0.05, 0) is 46.0 Å². The summed E-state index contributed by atoms with van der Waals surface area (Å²) in [5, 5.41) is 8.60. The molecule has 18 heavy (non-hydrogen) atoms. The van der Waals surface area contributed by atoms with E-state index in [-0.39, 0.29) is 25.1 Å². The van der Waals surface area contributed by atoms with Gasteiger partial charge in [-0.3, -0.25) is 4.79 Å². The van der Waals surface area contributed by atoms with Gasteiger partial charge < -0.3 is 9.84 Å². The number of hydrogen-bond acceptors (Lipinski definition) is 3. The van der Waals surface area contributed by atoms with E-state index in [4.69, 9.17) is 9.84 Å². The van der Waals surface area contributed by atoms with E-state index in [1.165, 1.54) is 11.1 Å². The SMILES string of the molecule is CC(C)=CCCC1=CC[C@@H](C(=O)OCCO)CC1. The Labute approximate surface area is 110 Å². The molecule has 3 nitrogen and oxygen atoms in total. The number of ether oxygens (including phenoxy) is 1. The molecule has 0 fully saturated rings. The molecule has 0 unspecified atom stereocenters. The van der Waals surface area contributed by atoms with Gasteiger partial charge in [-0.2, -0.15) is 0 Å². The van der Waals surface area contributed by atoms with Crippen molar-refractivity contribution >= 4 is 5.97 Å². The van der Waals surface area contributed by atoms with Gasteiger partial charge in [-0.25, -0.2) is 0 Å². The molecular formula is C15H24O3. The maximum Gasteiger partial charge on any atom is 0.309 e. The van der Waals surface area contributed by atoms with E-state index in [0.717, 1.165) is 32.1 Å². The summed E-state index contributed by atoms with van der Waals surface area (Å²) < 4.78 is 4.95. The first-order valence-electron chi connectivity index (χ1n) is 6.72. The van der Waals surface area contributed by atoms with Gasteiger partial charge >= 0.3 is 5.97 Å². The third-order valence-corrected chi connectivity index (χ3v) is 3.19. The van der Waals surface area contributed by atoms with E-state index in [1.807, 2.05) is 0 Å². The topological polar surface area (TPSA) is 46.5 Å². The summed E-state index contributed by atoms with van der Waals surface area (Å²) in [4.78, 5) is 11.6. The Morgan fingerprint density at radius 1 is 1.56 bits per heavy atom. The standard InChI is InChI=1S/C15H24O3/c1-12(2)4-3-5-13-6-8-14(9-7-13)15(17)18-11-10-16/h4,6,14,16H,3,5,7-11H2,1-2H3/t14-/m1/s1. The zero-order chi connectivity index (χ0) is 13.4. The number of esters is 1. The number of allylic oxidation sites excluding steroid dienone is 4. The van der Waals surface area contributed by atoms with Crippen molar-refractivity contribution in [3.05, 3.63) is 23.3 Å². The average molecular weight is 252 g/mol. The number of rotatable bonds is 6. The third kappa shape index (κ3) is 5.50. The fourth-order valence-electron chi connectivity index (χ4n) is 2.14. The van der Waals surface area contributed by atoms with E-state index in [2.05, 4.69) is 26.0 Å². The average Bonchev–Trinajstić information content (AvgIpc) is 2.36. The molecule has 3 heteroatoms. The normalized spacial score (nSPS) is 19.1. The smallest absolute Gasteiger partial charge is 0.309 e. The zero-order valence-electron chi connectivity index (χ0n) is 11.4. The van der Waals surface area contributed by atoms with Crippen LogP contribution in [0.5, 0.6) is 0 Å². The molecule has 0 spiro atoms. The van der Waals surface area contributed by atoms with Gasteiger partial charge in [0.1, 0.15) is 6.61 Å². The molecular weight excluding hydrogens is 228 g/mol. The Kier molecular flexibility index (Phi) is 6.73. The maximum absolute atomic E-state index is 11.6. The van der Waals surface area contributed by atoms with Crippen LogP contribution in [0.1, 0.15) is 46.0 Å². The van der Waals surface area contributed by atoms with Crippen molar-refractivity contribution in [1.82, 2.24) is 0 Å². The molecule has 102 valence electrons. The summed E-state index contributed by atoms with van der Waals surface area (Å²) >= 11 is 0. The predicted molar refractivity (Wildman–Crippen MR) is 72.1 cm³/mol. The predicted octanol–water partition coefficient (Wildman–Crippen LogP) is 2.99. The van der Waals surface area contributed by atoms with Gasteiger partial charge in [-0.1, -0.05) is 23.3 Å². The Morgan fingerprint density at radius 2 is 2.33 bits per heavy atom. The molecule has 0 aliphatic heterocycles. The molecule has 0 heterocycles. The van der Waals surface area contributed by atoms with Crippen LogP contribution in [0, 0.1) is 5.92 Å². The lowest BCUT2D eigenvalue weighted by atomic mass is 9.88. The van der Waals surface area contributed by atoms with Crippen LogP contribution in [-0.2, 0) is 9.53 Å². The third-order valence-electron chi connectivity index (χ3n) is 3.19. The first kappa shape index (κ1) is 15.0. The first-order chi connectivity index (χ1) is 8.63. The highest BCUT2D eigenvalue weighted by atomic mass is 16.5. The molecule has 1 rings (SSSR count). The van der Waals surface area contributed by atoms with Crippen molar-refractivity contribution in [3.8, 4) is 0 Å². The summed E-state index contributed by atoms with van der Waals surface area (Å²) in [5.74, 6) is -0.174. The van der Waals surface area contributed by atoms with Crippen LogP contribution in [0.15, 0.2) is 23.3 Å². The van der Waals surface area contributed by atoms with Gasteiger partial charge in [0, 0.05) is 0 Å². The number of carbonyl (C=O) groups excluding carboxylic acids is 1. The summed E-state index contributed by atoms with van der Waals surface area (Å²) in [7, 11) is 0. The second kappa shape index (κ2) is 8.09. The summed E-state index contributed by atoms with van der Waals surface area (Å²) in [6.07, 6.45) is 9.29. The van der Waals surface area contributed by atoms with Crippen molar-refractivity contribution in [3.63, 3.8) is 0 Å². The zero-order valence-corrected chi connectivity index (χ0v) is 11.4. The molecule has 0 radical (unpaired) electrons. The number of carbonyl (C=O) groups is 1. The Balaban J connectivity index is 2.31. The van der Waals surface area contributed by atoms with E-state index < -0.39 is 0 Å². The molecule has 1 aliphatic rings. The van der Waals surface area contributed by atoms with Crippen LogP contribution in [0.3, 0.4) is 0 Å². The molecule has 1 aliphatic carbocycles. The highest BCUT2D eigenvalue weighted by Gasteiger charge is 2.22. The van der Waals surface area contributed by atoms with Gasteiger partial charge in [0.15, 0.2) is 0 Å². The molecule has 1 N–H and O–H groups in total. The molecule has 0 aromatic rings. The van der Waals surface area contributed by atoms with Crippen LogP contribution in [0.2, 0.25) is 0 Å². The van der Waals surface area contributed by atoms with Gasteiger partial charge in [-0.15, -0.1) is 0 Å². The van der Waals surface area contributed by atoms with Crippen LogP contribution < -0.4 is 0 Å². The largest absolute Gasteiger partial charge is 0.463 e. The second-order valence-electron chi connectivity index (χ2n) is 5.04. The van der Waals surface area contributed by atoms with Crippen molar-refractivity contribution in [2.24, 2.45) is 5.92 Å². The summed E-state index contributed by atoms with van der Waals surface area (Å²) in [6.45, 7) is 4.25. The Morgan fingerprint density at radius 3 is 2.89 bits per heavy atom. The highest BCUT2D eigenvalue weighted by Crippen LogP contribution is 2.27. The lowest BCUT2D eigenvalue weighted by Crippen LogP contribution is -2.21. The maximum atomic E-state index is 11.6. The number of hydrogen-bond donors (Lipinski definition) is 1. The van der Waals surface area contributed by atoms with Crippen LogP contribution >= 0.6 is 0 Å².